The van der Waals surface area contributed by atoms with Crippen molar-refractivity contribution in [2.75, 3.05) is 14.2 Å². The van der Waals surface area contributed by atoms with Gasteiger partial charge in [0.05, 0.1) is 19.8 Å². The molecule has 0 bridgehead atoms. The third kappa shape index (κ3) is 3.09. The summed E-state index contributed by atoms with van der Waals surface area (Å²) in [5.41, 5.74) is 0.683. The van der Waals surface area contributed by atoms with Crippen LogP contribution < -0.4 is 9.47 Å². The van der Waals surface area contributed by atoms with Gasteiger partial charge in [-0.3, -0.25) is 4.79 Å². The number of methoxy groups -OCH3 is 2. The van der Waals surface area contributed by atoms with E-state index >= 15 is 0 Å². The van der Waals surface area contributed by atoms with Crippen molar-refractivity contribution in [3.8, 4) is 11.5 Å². The van der Waals surface area contributed by atoms with E-state index in [0.717, 1.165) is 31.6 Å². The molecule has 1 fully saturated rings. The minimum Gasteiger partial charge on any atom is -0.497 e. The van der Waals surface area contributed by atoms with E-state index in [4.69, 9.17) is 9.47 Å². The Morgan fingerprint density at radius 1 is 1.11 bits per heavy atom. The molecule has 1 aromatic carbocycles. The highest BCUT2D eigenvalue weighted by molar-refractivity contribution is 6.00. The topological polar surface area (TPSA) is 35.5 Å². The predicted molar refractivity (Wildman–Crippen MR) is 75.0 cm³/mol. The lowest BCUT2D eigenvalue weighted by Gasteiger charge is -2.25. The predicted octanol–water partition coefficient (Wildman–Crippen LogP) is 3.71. The standard InChI is InChI=1S/C16H22O3/c1-11-4-6-12(7-5-11)16(17)14-9-8-13(18-2)10-15(14)19-3/h8-12H,4-7H2,1-3H3. The second kappa shape index (κ2) is 6.09. The van der Waals surface area contributed by atoms with Gasteiger partial charge in [0.2, 0.25) is 0 Å². The van der Waals surface area contributed by atoms with E-state index in [1.165, 1.54) is 0 Å². The van der Waals surface area contributed by atoms with Crippen molar-refractivity contribution in [3.05, 3.63) is 23.8 Å². The zero-order valence-electron chi connectivity index (χ0n) is 11.9. The van der Waals surface area contributed by atoms with Crippen LogP contribution in [0.15, 0.2) is 18.2 Å². The summed E-state index contributed by atoms with van der Waals surface area (Å²) in [7, 11) is 3.20. The normalized spacial score (nSPS) is 22.9. The lowest BCUT2D eigenvalue weighted by molar-refractivity contribution is 0.0872. The molecule has 3 nitrogen and oxygen atoms in total. The maximum Gasteiger partial charge on any atom is 0.169 e. The molecule has 0 aromatic heterocycles. The fourth-order valence-corrected chi connectivity index (χ4v) is 2.74. The van der Waals surface area contributed by atoms with Gasteiger partial charge in [-0.2, -0.15) is 0 Å². The molecule has 3 heteroatoms. The summed E-state index contributed by atoms with van der Waals surface area (Å²) in [6.45, 7) is 2.26. The number of hydrogen-bond donors (Lipinski definition) is 0. The Morgan fingerprint density at radius 2 is 1.79 bits per heavy atom. The van der Waals surface area contributed by atoms with E-state index in [1.54, 1.807) is 20.3 Å². The smallest absolute Gasteiger partial charge is 0.169 e. The minimum absolute atomic E-state index is 0.151. The van der Waals surface area contributed by atoms with Crippen molar-refractivity contribution < 1.29 is 14.3 Å². The molecule has 0 saturated heterocycles. The Labute approximate surface area is 114 Å². The lowest BCUT2D eigenvalue weighted by atomic mass is 9.79. The Morgan fingerprint density at radius 3 is 2.37 bits per heavy atom. The number of ketones is 1. The zero-order valence-corrected chi connectivity index (χ0v) is 11.9. The first-order valence-electron chi connectivity index (χ1n) is 6.92. The molecule has 1 saturated carbocycles. The Kier molecular flexibility index (Phi) is 4.46. The highest BCUT2D eigenvalue weighted by atomic mass is 16.5. The van der Waals surface area contributed by atoms with Crippen molar-refractivity contribution >= 4 is 5.78 Å². The summed E-state index contributed by atoms with van der Waals surface area (Å²) >= 11 is 0. The van der Waals surface area contributed by atoms with Crippen LogP contribution in [0.3, 0.4) is 0 Å². The third-order valence-corrected chi connectivity index (χ3v) is 4.06. The fourth-order valence-electron chi connectivity index (χ4n) is 2.74. The number of hydrogen-bond acceptors (Lipinski definition) is 3. The van der Waals surface area contributed by atoms with Crippen LogP contribution in [0.1, 0.15) is 43.0 Å². The van der Waals surface area contributed by atoms with Gasteiger partial charge in [0.1, 0.15) is 11.5 Å². The van der Waals surface area contributed by atoms with Crippen LogP contribution in [-0.2, 0) is 0 Å². The lowest BCUT2D eigenvalue weighted by Crippen LogP contribution is -2.21. The summed E-state index contributed by atoms with van der Waals surface area (Å²) in [5.74, 6) is 2.44. The first kappa shape index (κ1) is 13.9. The SMILES string of the molecule is COc1ccc(C(=O)C2CCC(C)CC2)c(OC)c1. The van der Waals surface area contributed by atoms with E-state index in [2.05, 4.69) is 6.92 Å². The average molecular weight is 262 g/mol. The van der Waals surface area contributed by atoms with Gasteiger partial charge in [-0.05, 0) is 30.9 Å². The fraction of sp³-hybridized carbons (Fsp3) is 0.562. The van der Waals surface area contributed by atoms with Crippen molar-refractivity contribution in [2.24, 2.45) is 11.8 Å². The molecule has 0 unspecified atom stereocenters. The highest BCUT2D eigenvalue weighted by Crippen LogP contribution is 2.34. The summed E-state index contributed by atoms with van der Waals surface area (Å²) < 4.78 is 10.5. The molecular weight excluding hydrogens is 240 g/mol. The quantitative estimate of drug-likeness (QED) is 0.776. The van der Waals surface area contributed by atoms with Gasteiger partial charge in [-0.1, -0.05) is 19.8 Å². The van der Waals surface area contributed by atoms with Gasteiger partial charge in [-0.15, -0.1) is 0 Å². The van der Waals surface area contributed by atoms with Crippen molar-refractivity contribution in [2.45, 2.75) is 32.6 Å². The second-order valence-electron chi connectivity index (χ2n) is 5.39. The maximum atomic E-state index is 12.6. The second-order valence-corrected chi connectivity index (χ2v) is 5.39. The van der Waals surface area contributed by atoms with Crippen LogP contribution in [0.5, 0.6) is 11.5 Å². The molecule has 2 rings (SSSR count). The number of rotatable bonds is 4. The van der Waals surface area contributed by atoms with E-state index in [-0.39, 0.29) is 11.7 Å². The minimum atomic E-state index is 0.151. The van der Waals surface area contributed by atoms with Crippen LogP contribution in [0.25, 0.3) is 0 Å². The van der Waals surface area contributed by atoms with E-state index in [0.29, 0.717) is 17.1 Å². The van der Waals surface area contributed by atoms with Gasteiger partial charge < -0.3 is 9.47 Å². The molecule has 0 spiro atoms. The number of benzene rings is 1. The van der Waals surface area contributed by atoms with Crippen LogP contribution in [-0.4, -0.2) is 20.0 Å². The van der Waals surface area contributed by atoms with Crippen LogP contribution >= 0.6 is 0 Å². The molecular formula is C16H22O3. The number of Topliss-reactive ketones (excluding diaryl/α,β-unsaturated/α-hetero) is 1. The van der Waals surface area contributed by atoms with Gasteiger partial charge in [0.15, 0.2) is 5.78 Å². The largest absolute Gasteiger partial charge is 0.497 e. The summed E-state index contributed by atoms with van der Waals surface area (Å²) in [6, 6.07) is 5.41. The Hall–Kier alpha value is -1.51. The van der Waals surface area contributed by atoms with Crippen LogP contribution in [0.2, 0.25) is 0 Å². The monoisotopic (exact) mass is 262 g/mol. The highest BCUT2D eigenvalue weighted by Gasteiger charge is 2.27. The summed E-state index contributed by atoms with van der Waals surface area (Å²) in [5, 5.41) is 0. The zero-order chi connectivity index (χ0) is 13.8. The molecule has 0 atom stereocenters. The first-order valence-corrected chi connectivity index (χ1v) is 6.92. The maximum absolute atomic E-state index is 12.6. The Balaban J connectivity index is 2.18. The van der Waals surface area contributed by atoms with Crippen molar-refractivity contribution in [1.29, 1.82) is 0 Å². The van der Waals surface area contributed by atoms with E-state index in [1.807, 2.05) is 12.1 Å². The molecule has 0 amide bonds. The number of carbonyl (C=O) groups is 1. The molecule has 0 N–H and O–H groups in total. The first-order chi connectivity index (χ1) is 9.15. The molecule has 1 aromatic rings. The van der Waals surface area contributed by atoms with E-state index in [9.17, 15) is 4.79 Å². The summed E-state index contributed by atoms with van der Waals surface area (Å²) in [4.78, 5) is 12.6. The van der Waals surface area contributed by atoms with Gasteiger partial charge in [0.25, 0.3) is 0 Å². The summed E-state index contributed by atoms with van der Waals surface area (Å²) in [6.07, 6.45) is 4.29. The average Bonchev–Trinajstić information content (AvgIpc) is 2.46. The van der Waals surface area contributed by atoms with Gasteiger partial charge >= 0.3 is 0 Å². The van der Waals surface area contributed by atoms with Crippen molar-refractivity contribution in [1.82, 2.24) is 0 Å². The van der Waals surface area contributed by atoms with Crippen LogP contribution in [0, 0.1) is 11.8 Å². The molecule has 0 aliphatic heterocycles. The van der Waals surface area contributed by atoms with Crippen molar-refractivity contribution in [3.63, 3.8) is 0 Å². The number of ether oxygens (including phenoxy) is 2. The molecule has 1 aliphatic rings. The molecule has 0 radical (unpaired) electrons. The number of carbonyl (C=O) groups excluding carboxylic acids is 1. The Bertz CT molecular complexity index is 445. The van der Waals surface area contributed by atoms with Gasteiger partial charge in [-0.25, -0.2) is 0 Å². The molecule has 0 heterocycles. The molecule has 1 aliphatic carbocycles. The van der Waals surface area contributed by atoms with Crippen LogP contribution in [0.4, 0.5) is 0 Å². The van der Waals surface area contributed by atoms with Gasteiger partial charge in [0, 0.05) is 12.0 Å². The molecule has 104 valence electrons. The third-order valence-electron chi connectivity index (χ3n) is 4.06. The molecule has 19 heavy (non-hydrogen) atoms. The van der Waals surface area contributed by atoms with E-state index < -0.39 is 0 Å².